The Balaban J connectivity index is 2.01. The van der Waals surface area contributed by atoms with Crippen molar-refractivity contribution in [2.24, 2.45) is 0 Å². The van der Waals surface area contributed by atoms with Gasteiger partial charge in [0.15, 0.2) is 0 Å². The number of nitrogens with one attached hydrogen (secondary N) is 1. The first-order valence-electron chi connectivity index (χ1n) is 7.14. The number of rotatable bonds is 3. The number of phenolic OH excluding ortho intramolecular Hbond substituents is 1. The Hall–Kier alpha value is -2.57. The summed E-state index contributed by atoms with van der Waals surface area (Å²) in [7, 11) is 0. The third-order valence-electron chi connectivity index (χ3n) is 3.67. The highest BCUT2D eigenvalue weighted by Crippen LogP contribution is 2.17. The lowest BCUT2D eigenvalue weighted by Gasteiger charge is -2.32. The molecule has 1 saturated heterocycles. The monoisotopic (exact) mass is 305 g/mol. The molecule has 0 saturated carbocycles. The molecule has 0 spiro atoms. The Labute approximate surface area is 128 Å². The summed E-state index contributed by atoms with van der Waals surface area (Å²) in [5, 5.41) is 11.9. The van der Waals surface area contributed by atoms with Crippen LogP contribution in [-0.2, 0) is 9.59 Å². The van der Waals surface area contributed by atoms with Crippen molar-refractivity contribution < 1.29 is 19.5 Å². The third-order valence-corrected chi connectivity index (χ3v) is 3.67. The van der Waals surface area contributed by atoms with Crippen LogP contribution in [0.2, 0.25) is 0 Å². The van der Waals surface area contributed by atoms with Gasteiger partial charge in [0.25, 0.3) is 0 Å². The fraction of sp³-hybridized carbons (Fsp3) is 0.400. The van der Waals surface area contributed by atoms with Crippen LogP contribution in [0, 0.1) is 0 Å². The highest BCUT2D eigenvalue weighted by atomic mass is 16.3. The van der Waals surface area contributed by atoms with Gasteiger partial charge in [-0.1, -0.05) is 12.1 Å². The van der Waals surface area contributed by atoms with Crippen LogP contribution in [0.4, 0.5) is 4.79 Å². The van der Waals surface area contributed by atoms with Gasteiger partial charge in [-0.3, -0.25) is 14.5 Å². The summed E-state index contributed by atoms with van der Waals surface area (Å²) < 4.78 is 0. The van der Waals surface area contributed by atoms with Gasteiger partial charge in [-0.15, -0.1) is 0 Å². The van der Waals surface area contributed by atoms with Gasteiger partial charge in [0, 0.05) is 19.6 Å². The van der Waals surface area contributed by atoms with Gasteiger partial charge in [-0.25, -0.2) is 4.79 Å². The number of piperazine rings is 1. The van der Waals surface area contributed by atoms with Crippen molar-refractivity contribution in [3.63, 3.8) is 0 Å². The molecular formula is C15H19N3O4. The van der Waals surface area contributed by atoms with Crippen LogP contribution in [0.5, 0.6) is 5.75 Å². The van der Waals surface area contributed by atoms with Crippen LogP contribution in [0.1, 0.15) is 25.5 Å². The number of carbonyl (C=O) groups excluding carboxylic acids is 3. The van der Waals surface area contributed by atoms with E-state index in [-0.39, 0.29) is 18.3 Å². The second-order valence-electron chi connectivity index (χ2n) is 5.10. The zero-order valence-corrected chi connectivity index (χ0v) is 12.6. The van der Waals surface area contributed by atoms with Crippen LogP contribution < -0.4 is 5.32 Å². The lowest BCUT2D eigenvalue weighted by Crippen LogP contribution is -2.58. The zero-order chi connectivity index (χ0) is 16.3. The predicted octanol–water partition coefficient (Wildman–Crippen LogP) is 0.853. The van der Waals surface area contributed by atoms with Crippen molar-refractivity contribution >= 4 is 17.8 Å². The van der Waals surface area contributed by atoms with E-state index in [2.05, 4.69) is 5.32 Å². The highest BCUT2D eigenvalue weighted by Gasteiger charge is 2.35. The summed E-state index contributed by atoms with van der Waals surface area (Å²) in [6, 6.07) is 5.47. The molecule has 1 fully saturated rings. The van der Waals surface area contributed by atoms with Crippen molar-refractivity contribution in [1.29, 1.82) is 0 Å². The Morgan fingerprint density at radius 3 is 2.45 bits per heavy atom. The minimum Gasteiger partial charge on any atom is -0.508 e. The lowest BCUT2D eigenvalue weighted by atomic mass is 10.1. The number of hydrogen-bond donors (Lipinski definition) is 2. The van der Waals surface area contributed by atoms with Crippen LogP contribution in [0.25, 0.3) is 0 Å². The lowest BCUT2D eigenvalue weighted by molar-refractivity contribution is -0.153. The fourth-order valence-corrected chi connectivity index (χ4v) is 2.28. The van der Waals surface area contributed by atoms with Crippen molar-refractivity contribution in [2.45, 2.75) is 19.9 Å². The van der Waals surface area contributed by atoms with Crippen molar-refractivity contribution in [3.8, 4) is 5.75 Å². The molecule has 4 amide bonds. The molecule has 7 heteroatoms. The molecule has 2 rings (SSSR count). The summed E-state index contributed by atoms with van der Waals surface area (Å²) in [4.78, 5) is 38.3. The van der Waals surface area contributed by atoms with Crippen molar-refractivity contribution in [3.05, 3.63) is 29.8 Å². The van der Waals surface area contributed by atoms with E-state index in [1.54, 1.807) is 26.0 Å². The van der Waals surface area contributed by atoms with E-state index < -0.39 is 17.8 Å². The molecule has 0 bridgehead atoms. The summed E-state index contributed by atoms with van der Waals surface area (Å²) in [5.41, 5.74) is 0.789. The topological polar surface area (TPSA) is 89.9 Å². The van der Waals surface area contributed by atoms with Gasteiger partial charge in [0.05, 0.1) is 6.04 Å². The van der Waals surface area contributed by atoms with Crippen LogP contribution in [-0.4, -0.2) is 52.4 Å². The smallest absolute Gasteiger partial charge is 0.325 e. The van der Waals surface area contributed by atoms with Crippen LogP contribution in [0.3, 0.4) is 0 Å². The van der Waals surface area contributed by atoms with Gasteiger partial charge in [-0.2, -0.15) is 0 Å². The Morgan fingerprint density at radius 1 is 1.23 bits per heavy atom. The molecule has 1 aliphatic rings. The van der Waals surface area contributed by atoms with E-state index in [4.69, 9.17) is 0 Å². The molecule has 22 heavy (non-hydrogen) atoms. The number of urea groups is 1. The second-order valence-corrected chi connectivity index (χ2v) is 5.10. The molecule has 1 atom stereocenters. The predicted molar refractivity (Wildman–Crippen MR) is 79.0 cm³/mol. The van der Waals surface area contributed by atoms with Gasteiger partial charge < -0.3 is 15.3 Å². The maximum Gasteiger partial charge on any atom is 0.325 e. The van der Waals surface area contributed by atoms with Gasteiger partial charge in [-0.05, 0) is 31.5 Å². The van der Waals surface area contributed by atoms with Crippen LogP contribution in [0.15, 0.2) is 24.3 Å². The second kappa shape index (κ2) is 6.46. The largest absolute Gasteiger partial charge is 0.508 e. The van der Waals surface area contributed by atoms with E-state index in [0.717, 1.165) is 10.5 Å². The molecule has 1 aromatic rings. The number of nitrogens with zero attached hydrogens (tertiary/aromatic N) is 2. The molecule has 0 aliphatic carbocycles. The molecule has 0 radical (unpaired) electrons. The number of carbonyl (C=O) groups is 3. The summed E-state index contributed by atoms with van der Waals surface area (Å²) >= 11 is 0. The normalized spacial score (nSPS) is 16.6. The molecule has 7 nitrogen and oxygen atoms in total. The van der Waals surface area contributed by atoms with Gasteiger partial charge >= 0.3 is 17.8 Å². The third kappa shape index (κ3) is 3.19. The average molecular weight is 305 g/mol. The number of likely N-dealkylation sites (N-methyl/N-ethyl adjacent to an activating group) is 1. The standard InChI is InChI=1S/C15H19N3O4/c1-3-17-8-9-18(14(21)13(17)20)15(22)16-10(2)11-4-6-12(19)7-5-11/h4-7,10,19H,3,8-9H2,1-2H3,(H,16,22)/t10-/m1/s1. The molecule has 1 heterocycles. The van der Waals surface area contributed by atoms with E-state index >= 15 is 0 Å². The van der Waals surface area contributed by atoms with Crippen molar-refractivity contribution in [2.75, 3.05) is 19.6 Å². The summed E-state index contributed by atoms with van der Waals surface area (Å²) in [6.07, 6.45) is 0. The maximum absolute atomic E-state index is 12.2. The van der Waals surface area contributed by atoms with Gasteiger partial charge in [0.1, 0.15) is 5.75 Å². The Bertz CT molecular complexity index is 585. The highest BCUT2D eigenvalue weighted by molar-refractivity contribution is 6.38. The first-order chi connectivity index (χ1) is 10.4. The zero-order valence-electron chi connectivity index (χ0n) is 12.6. The molecule has 0 aromatic heterocycles. The molecule has 118 valence electrons. The Morgan fingerprint density at radius 2 is 1.86 bits per heavy atom. The van der Waals surface area contributed by atoms with Crippen molar-refractivity contribution in [1.82, 2.24) is 15.1 Å². The average Bonchev–Trinajstić information content (AvgIpc) is 2.50. The summed E-state index contributed by atoms with van der Waals surface area (Å²) in [6.45, 7) is 4.53. The Kier molecular flexibility index (Phi) is 4.65. The molecule has 1 aromatic carbocycles. The minimum atomic E-state index is -0.802. The van der Waals surface area contributed by atoms with Crippen LogP contribution >= 0.6 is 0 Å². The fourth-order valence-electron chi connectivity index (χ4n) is 2.28. The molecule has 1 aliphatic heterocycles. The van der Waals surface area contributed by atoms with E-state index in [0.29, 0.717) is 13.1 Å². The van der Waals surface area contributed by atoms with E-state index in [1.165, 1.54) is 17.0 Å². The summed E-state index contributed by atoms with van der Waals surface area (Å²) in [5.74, 6) is -1.32. The first kappa shape index (κ1) is 15.8. The molecule has 0 unspecified atom stereocenters. The maximum atomic E-state index is 12.2. The number of hydrogen-bond acceptors (Lipinski definition) is 4. The first-order valence-corrected chi connectivity index (χ1v) is 7.14. The number of benzene rings is 1. The number of phenols is 1. The van der Waals surface area contributed by atoms with E-state index in [1.807, 2.05) is 0 Å². The van der Waals surface area contributed by atoms with E-state index in [9.17, 15) is 19.5 Å². The number of aromatic hydroxyl groups is 1. The number of imide groups is 1. The quantitative estimate of drug-likeness (QED) is 0.810. The minimum absolute atomic E-state index is 0.138. The number of amides is 4. The molecule has 2 N–H and O–H groups in total. The SMILES string of the molecule is CCN1CCN(C(=O)N[C@H](C)c2ccc(O)cc2)C(=O)C1=O. The van der Waals surface area contributed by atoms with Gasteiger partial charge in [0.2, 0.25) is 0 Å². The molecular weight excluding hydrogens is 286 g/mol.